The average molecular weight is 389 g/mol. The third-order valence-electron chi connectivity index (χ3n) is 3.79. The summed E-state index contributed by atoms with van der Waals surface area (Å²) in [4.78, 5) is 9.16. The van der Waals surface area contributed by atoms with Crippen LogP contribution in [0.4, 0.5) is 13.2 Å². The quantitative estimate of drug-likeness (QED) is 0.579. The fraction of sp³-hybridized carbons (Fsp3) is 0.333. The van der Waals surface area contributed by atoms with Crippen LogP contribution in [0, 0.1) is 5.92 Å². The zero-order chi connectivity index (χ0) is 18.9. The van der Waals surface area contributed by atoms with Crippen LogP contribution >= 0.6 is 0 Å². The number of nitrogens with zero attached hydrogens (tertiary/aromatic N) is 3. The molecule has 2 heterocycles. The van der Waals surface area contributed by atoms with Crippen molar-refractivity contribution in [2.45, 2.75) is 6.18 Å². The van der Waals surface area contributed by atoms with Crippen LogP contribution in [0.2, 0.25) is 0 Å². The van der Waals surface area contributed by atoms with Gasteiger partial charge in [0.25, 0.3) is 0 Å². The second-order valence-electron chi connectivity index (χ2n) is 5.70. The molecule has 0 unspecified atom stereocenters. The summed E-state index contributed by atoms with van der Waals surface area (Å²) in [6.45, 7) is 0.382. The molecule has 7 nitrogen and oxygen atoms in total. The van der Waals surface area contributed by atoms with Gasteiger partial charge in [-0.3, -0.25) is 0 Å². The van der Waals surface area contributed by atoms with Crippen LogP contribution < -0.4 is 4.84 Å². The lowest BCUT2D eigenvalue weighted by Crippen LogP contribution is -2.52. The molecule has 2 aromatic rings. The Balaban J connectivity index is 1.76. The molecule has 1 aliphatic rings. The molecule has 26 heavy (non-hydrogen) atoms. The normalized spacial score (nSPS) is 17.2. The number of benzene rings is 1. The summed E-state index contributed by atoms with van der Waals surface area (Å²) >= 11 is 0. The lowest BCUT2D eigenvalue weighted by Gasteiger charge is -2.36. The maximum Gasteiger partial charge on any atom is 0.416 e. The fourth-order valence-electron chi connectivity index (χ4n) is 2.33. The average Bonchev–Trinajstić information content (AvgIpc) is 3.01. The summed E-state index contributed by atoms with van der Waals surface area (Å²) in [5.41, 5.74) is -0.515. The van der Waals surface area contributed by atoms with Gasteiger partial charge in [-0.1, -0.05) is 5.16 Å². The van der Waals surface area contributed by atoms with Crippen LogP contribution in [0.1, 0.15) is 11.5 Å². The van der Waals surface area contributed by atoms with E-state index in [1.807, 2.05) is 0 Å². The van der Waals surface area contributed by atoms with Crippen LogP contribution in [-0.4, -0.2) is 42.8 Å². The molecule has 0 spiro atoms. The second-order valence-corrected chi connectivity index (χ2v) is 7.69. The number of oxime groups is 1. The van der Waals surface area contributed by atoms with E-state index in [0.717, 1.165) is 30.5 Å². The number of aromatic nitrogens is 1. The van der Waals surface area contributed by atoms with Crippen molar-refractivity contribution in [3.05, 3.63) is 48.2 Å². The first kappa shape index (κ1) is 18.4. The van der Waals surface area contributed by atoms with Crippen molar-refractivity contribution in [1.82, 2.24) is 9.29 Å². The lowest BCUT2D eigenvalue weighted by molar-refractivity contribution is -0.137. The molecule has 0 saturated carbocycles. The minimum absolute atomic E-state index is 0.0985. The Morgan fingerprint density at radius 1 is 1.31 bits per heavy atom. The van der Waals surface area contributed by atoms with E-state index in [1.165, 1.54) is 16.8 Å². The summed E-state index contributed by atoms with van der Waals surface area (Å²) < 4.78 is 67.1. The predicted molar refractivity (Wildman–Crippen MR) is 85.0 cm³/mol. The highest BCUT2D eigenvalue weighted by Gasteiger charge is 2.39. The van der Waals surface area contributed by atoms with Gasteiger partial charge in [0, 0.05) is 19.0 Å². The van der Waals surface area contributed by atoms with Gasteiger partial charge in [0.05, 0.1) is 18.0 Å². The van der Waals surface area contributed by atoms with Crippen LogP contribution in [-0.2, 0) is 16.2 Å². The van der Waals surface area contributed by atoms with Gasteiger partial charge in [0.15, 0.2) is 5.75 Å². The van der Waals surface area contributed by atoms with E-state index in [4.69, 9.17) is 9.25 Å². The third kappa shape index (κ3) is 4.05. The number of hydrogen-bond acceptors (Lipinski definition) is 6. The van der Waals surface area contributed by atoms with E-state index in [9.17, 15) is 21.6 Å². The van der Waals surface area contributed by atoms with Crippen molar-refractivity contribution >= 4 is 15.7 Å². The highest BCUT2D eigenvalue weighted by molar-refractivity contribution is 7.88. The zero-order valence-electron chi connectivity index (χ0n) is 13.5. The molecule has 1 saturated heterocycles. The Bertz CT molecular complexity index is 887. The molecule has 11 heteroatoms. The van der Waals surface area contributed by atoms with Crippen molar-refractivity contribution in [2.24, 2.45) is 11.1 Å². The van der Waals surface area contributed by atoms with E-state index in [0.29, 0.717) is 0 Å². The lowest BCUT2D eigenvalue weighted by atomic mass is 9.97. The van der Waals surface area contributed by atoms with Gasteiger partial charge in [0.1, 0.15) is 12.0 Å². The van der Waals surface area contributed by atoms with Crippen LogP contribution in [0.5, 0.6) is 5.75 Å². The molecule has 0 bridgehead atoms. The first-order valence-corrected chi connectivity index (χ1v) is 9.26. The van der Waals surface area contributed by atoms with Crippen molar-refractivity contribution in [2.75, 3.05) is 19.3 Å². The molecule has 3 rings (SSSR count). The Hall–Kier alpha value is -2.40. The van der Waals surface area contributed by atoms with E-state index in [1.54, 1.807) is 0 Å². The van der Waals surface area contributed by atoms with Crippen molar-refractivity contribution < 1.29 is 30.8 Å². The molecular weight excluding hydrogens is 375 g/mol. The Morgan fingerprint density at radius 2 is 1.96 bits per heavy atom. The number of alkyl halides is 3. The van der Waals surface area contributed by atoms with Crippen LogP contribution in [0.25, 0.3) is 0 Å². The monoisotopic (exact) mass is 389 g/mol. The molecule has 0 aliphatic carbocycles. The van der Waals surface area contributed by atoms with E-state index in [2.05, 4.69) is 10.1 Å². The van der Waals surface area contributed by atoms with E-state index in [-0.39, 0.29) is 36.4 Å². The van der Waals surface area contributed by atoms with Gasteiger partial charge < -0.3 is 9.25 Å². The molecule has 1 aliphatic heterocycles. The number of halogens is 3. The van der Waals surface area contributed by atoms with Crippen LogP contribution in [0.15, 0.2) is 46.3 Å². The number of rotatable bonds is 5. The maximum atomic E-state index is 12.6. The van der Waals surface area contributed by atoms with Crippen LogP contribution in [0.3, 0.4) is 0 Å². The summed E-state index contributed by atoms with van der Waals surface area (Å²) in [5.74, 6) is -0.0331. The van der Waals surface area contributed by atoms with Crippen molar-refractivity contribution in [3.8, 4) is 5.75 Å². The van der Waals surface area contributed by atoms with Gasteiger partial charge in [-0.15, -0.1) is 0 Å². The highest BCUT2D eigenvalue weighted by atomic mass is 32.2. The number of hydrogen-bond donors (Lipinski definition) is 0. The van der Waals surface area contributed by atoms with Crippen molar-refractivity contribution in [1.29, 1.82) is 0 Å². The molecule has 1 aromatic carbocycles. The largest absolute Gasteiger partial charge is 0.443 e. The Morgan fingerprint density at radius 3 is 2.46 bits per heavy atom. The van der Waals surface area contributed by atoms with Crippen molar-refractivity contribution in [3.63, 3.8) is 0 Å². The first-order valence-electron chi connectivity index (χ1n) is 7.42. The Labute approximate surface area is 147 Å². The topological polar surface area (TPSA) is 85.0 Å². The Kier molecular flexibility index (Phi) is 4.76. The molecule has 0 amide bonds. The second kappa shape index (κ2) is 6.72. The summed E-state index contributed by atoms with van der Waals surface area (Å²) in [7, 11) is -3.31. The zero-order valence-corrected chi connectivity index (χ0v) is 14.3. The first-order chi connectivity index (χ1) is 12.1. The molecule has 0 atom stereocenters. The molecule has 1 aromatic heterocycles. The molecule has 140 valence electrons. The molecule has 1 fully saturated rings. The molecular formula is C15H14F3N3O4S. The third-order valence-corrected chi connectivity index (χ3v) is 5.02. The number of oxazole rings is 1. The SMILES string of the molecule is CS(=O)(=O)N1CC(C(=NOc2ccc(C(F)(F)F)cc2)c2ncco2)C1. The van der Waals surface area contributed by atoms with Gasteiger partial charge >= 0.3 is 6.18 Å². The highest BCUT2D eigenvalue weighted by Crippen LogP contribution is 2.30. The van der Waals surface area contributed by atoms with Gasteiger partial charge in [-0.2, -0.15) is 13.2 Å². The minimum atomic E-state index is -4.44. The summed E-state index contributed by atoms with van der Waals surface area (Å²) in [6, 6.07) is 4.04. The van der Waals surface area contributed by atoms with E-state index < -0.39 is 21.8 Å². The summed E-state index contributed by atoms with van der Waals surface area (Å²) in [6.07, 6.45) is -0.609. The maximum absolute atomic E-state index is 12.6. The molecule has 0 N–H and O–H groups in total. The number of sulfonamides is 1. The smallest absolute Gasteiger partial charge is 0.416 e. The van der Waals surface area contributed by atoms with Gasteiger partial charge in [-0.25, -0.2) is 17.7 Å². The van der Waals surface area contributed by atoms with Gasteiger partial charge in [-0.05, 0) is 24.3 Å². The van der Waals surface area contributed by atoms with Gasteiger partial charge in [0.2, 0.25) is 15.9 Å². The van der Waals surface area contributed by atoms with E-state index >= 15 is 0 Å². The predicted octanol–water partition coefficient (Wildman–Crippen LogP) is 2.37. The fourth-order valence-corrected chi connectivity index (χ4v) is 3.23. The standard InChI is InChI=1S/C15H14F3N3O4S/c1-26(22,23)21-8-10(9-21)13(14-19-6-7-24-14)20-25-12-4-2-11(3-5-12)15(16,17)18/h2-7,10H,8-9H2,1H3. The molecule has 0 radical (unpaired) electrons. The summed E-state index contributed by atoms with van der Waals surface area (Å²) in [5, 5.41) is 3.92. The minimum Gasteiger partial charge on any atom is -0.443 e.